The summed E-state index contributed by atoms with van der Waals surface area (Å²) < 4.78 is 5.31. The Bertz CT molecular complexity index is 269. The molecule has 0 spiro atoms. The van der Waals surface area contributed by atoms with E-state index in [1.807, 2.05) is 12.1 Å². The van der Waals surface area contributed by atoms with Crippen LogP contribution in [0.5, 0.6) is 0 Å². The Morgan fingerprint density at radius 2 is 1.78 bits per heavy atom. The van der Waals surface area contributed by atoms with Crippen molar-refractivity contribution >= 4 is 0 Å². The van der Waals surface area contributed by atoms with Crippen LogP contribution in [0.2, 0.25) is 0 Å². The molecule has 0 saturated heterocycles. The molecule has 104 valence electrons. The molecule has 1 heterocycles. The minimum atomic E-state index is 0.339. The van der Waals surface area contributed by atoms with Crippen molar-refractivity contribution in [3.8, 4) is 0 Å². The van der Waals surface area contributed by atoms with Gasteiger partial charge < -0.3 is 10.2 Å². The van der Waals surface area contributed by atoms with Gasteiger partial charge in [-0.15, -0.1) is 0 Å². The first-order chi connectivity index (χ1) is 8.83. The van der Waals surface area contributed by atoms with E-state index >= 15 is 0 Å². The SMILES string of the molecule is CCCCCCCCCC(N)CCc1ccco1. The maximum atomic E-state index is 6.11. The zero-order chi connectivity index (χ0) is 13.1. The highest BCUT2D eigenvalue weighted by Crippen LogP contribution is 2.12. The van der Waals surface area contributed by atoms with Crippen LogP contribution < -0.4 is 5.73 Å². The zero-order valence-corrected chi connectivity index (χ0v) is 11.9. The minimum Gasteiger partial charge on any atom is -0.469 e. The van der Waals surface area contributed by atoms with Crippen LogP contribution in [0.3, 0.4) is 0 Å². The van der Waals surface area contributed by atoms with Crippen LogP contribution >= 0.6 is 0 Å². The first-order valence-corrected chi connectivity index (χ1v) is 7.61. The van der Waals surface area contributed by atoms with E-state index < -0.39 is 0 Å². The number of rotatable bonds is 11. The summed E-state index contributed by atoms with van der Waals surface area (Å²) in [6.45, 7) is 2.26. The fourth-order valence-electron chi connectivity index (χ4n) is 2.29. The fraction of sp³-hybridized carbons (Fsp3) is 0.750. The van der Waals surface area contributed by atoms with Crippen LogP contribution in [-0.2, 0) is 6.42 Å². The molecule has 0 aromatic carbocycles. The van der Waals surface area contributed by atoms with Gasteiger partial charge in [-0.25, -0.2) is 0 Å². The molecule has 0 radical (unpaired) electrons. The quantitative estimate of drug-likeness (QED) is 0.580. The lowest BCUT2D eigenvalue weighted by molar-refractivity contribution is 0.464. The van der Waals surface area contributed by atoms with Crippen molar-refractivity contribution in [3.05, 3.63) is 24.2 Å². The molecular weight excluding hydrogens is 222 g/mol. The van der Waals surface area contributed by atoms with Gasteiger partial charge in [-0.2, -0.15) is 0 Å². The van der Waals surface area contributed by atoms with Crippen LogP contribution in [-0.4, -0.2) is 6.04 Å². The molecule has 2 heteroatoms. The second-order valence-corrected chi connectivity index (χ2v) is 5.29. The number of unbranched alkanes of at least 4 members (excludes halogenated alkanes) is 6. The number of nitrogens with two attached hydrogens (primary N) is 1. The zero-order valence-electron chi connectivity index (χ0n) is 11.9. The fourth-order valence-corrected chi connectivity index (χ4v) is 2.29. The molecule has 0 aliphatic carbocycles. The van der Waals surface area contributed by atoms with Gasteiger partial charge in [-0.3, -0.25) is 0 Å². The molecule has 2 N–H and O–H groups in total. The highest BCUT2D eigenvalue weighted by Gasteiger charge is 2.04. The Morgan fingerprint density at radius 3 is 2.44 bits per heavy atom. The van der Waals surface area contributed by atoms with Crippen molar-refractivity contribution in [2.24, 2.45) is 5.73 Å². The molecule has 0 aliphatic heterocycles. The standard InChI is InChI=1S/C16H29NO/c1-2-3-4-5-6-7-8-10-15(17)12-13-16-11-9-14-18-16/h9,11,14-15H,2-8,10,12-13,17H2,1H3. The van der Waals surface area contributed by atoms with Gasteiger partial charge in [-0.1, -0.05) is 51.9 Å². The number of hydrogen-bond acceptors (Lipinski definition) is 2. The first kappa shape index (κ1) is 15.3. The van der Waals surface area contributed by atoms with Crippen molar-refractivity contribution in [2.75, 3.05) is 0 Å². The molecule has 1 aromatic heterocycles. The smallest absolute Gasteiger partial charge is 0.103 e. The molecule has 0 fully saturated rings. The summed E-state index contributed by atoms with van der Waals surface area (Å²) in [6.07, 6.45) is 14.4. The Morgan fingerprint density at radius 1 is 1.06 bits per heavy atom. The van der Waals surface area contributed by atoms with Gasteiger partial charge in [-0.05, 0) is 25.0 Å². The molecule has 0 aliphatic rings. The molecule has 1 atom stereocenters. The Balaban J connectivity index is 1.89. The van der Waals surface area contributed by atoms with Crippen LogP contribution in [0.1, 0.15) is 70.5 Å². The summed E-state index contributed by atoms with van der Waals surface area (Å²) in [5.74, 6) is 1.06. The molecular formula is C16H29NO. The summed E-state index contributed by atoms with van der Waals surface area (Å²) in [6, 6.07) is 4.31. The minimum absolute atomic E-state index is 0.339. The molecule has 1 unspecified atom stereocenters. The normalized spacial score (nSPS) is 12.8. The van der Waals surface area contributed by atoms with E-state index in [0.29, 0.717) is 6.04 Å². The molecule has 18 heavy (non-hydrogen) atoms. The average Bonchev–Trinajstić information content (AvgIpc) is 2.88. The highest BCUT2D eigenvalue weighted by atomic mass is 16.3. The summed E-state index contributed by atoms with van der Waals surface area (Å²) in [7, 11) is 0. The van der Waals surface area contributed by atoms with E-state index in [2.05, 4.69) is 6.92 Å². The summed E-state index contributed by atoms with van der Waals surface area (Å²) in [5, 5.41) is 0. The average molecular weight is 251 g/mol. The van der Waals surface area contributed by atoms with Gasteiger partial charge in [0.05, 0.1) is 6.26 Å². The van der Waals surface area contributed by atoms with Gasteiger partial charge in [0.2, 0.25) is 0 Å². The predicted molar refractivity (Wildman–Crippen MR) is 77.6 cm³/mol. The predicted octanol–water partition coefficient (Wildman–Crippen LogP) is 4.68. The van der Waals surface area contributed by atoms with Gasteiger partial charge in [0.15, 0.2) is 0 Å². The molecule has 0 bridgehead atoms. The Labute approximate surface area is 112 Å². The summed E-state index contributed by atoms with van der Waals surface area (Å²) >= 11 is 0. The van der Waals surface area contributed by atoms with Gasteiger partial charge >= 0.3 is 0 Å². The Hall–Kier alpha value is -0.760. The van der Waals surface area contributed by atoms with E-state index in [9.17, 15) is 0 Å². The second-order valence-electron chi connectivity index (χ2n) is 5.29. The van der Waals surface area contributed by atoms with Gasteiger partial charge in [0.1, 0.15) is 5.76 Å². The summed E-state index contributed by atoms with van der Waals surface area (Å²) in [5.41, 5.74) is 6.11. The maximum Gasteiger partial charge on any atom is 0.103 e. The maximum absolute atomic E-state index is 6.11. The van der Waals surface area contributed by atoms with Crippen molar-refractivity contribution in [1.29, 1.82) is 0 Å². The molecule has 1 rings (SSSR count). The van der Waals surface area contributed by atoms with Gasteiger partial charge in [0.25, 0.3) is 0 Å². The summed E-state index contributed by atoms with van der Waals surface area (Å²) in [4.78, 5) is 0. The topological polar surface area (TPSA) is 39.2 Å². The molecule has 1 aromatic rings. The van der Waals surface area contributed by atoms with Crippen LogP contribution in [0.25, 0.3) is 0 Å². The second kappa shape index (κ2) is 10.2. The third kappa shape index (κ3) is 7.54. The monoisotopic (exact) mass is 251 g/mol. The molecule has 0 amide bonds. The molecule has 2 nitrogen and oxygen atoms in total. The van der Waals surface area contributed by atoms with Crippen LogP contribution in [0.15, 0.2) is 22.8 Å². The third-order valence-electron chi connectivity index (χ3n) is 3.52. The van der Waals surface area contributed by atoms with E-state index in [-0.39, 0.29) is 0 Å². The van der Waals surface area contributed by atoms with E-state index in [0.717, 1.165) is 25.0 Å². The molecule has 0 saturated carbocycles. The largest absolute Gasteiger partial charge is 0.469 e. The van der Waals surface area contributed by atoms with Crippen molar-refractivity contribution < 1.29 is 4.42 Å². The number of furan rings is 1. The highest BCUT2D eigenvalue weighted by molar-refractivity contribution is 4.98. The lowest BCUT2D eigenvalue weighted by atomic mass is 10.0. The lowest BCUT2D eigenvalue weighted by Gasteiger charge is -2.10. The first-order valence-electron chi connectivity index (χ1n) is 7.61. The van der Waals surface area contributed by atoms with Crippen LogP contribution in [0.4, 0.5) is 0 Å². The number of aryl methyl sites for hydroxylation is 1. The van der Waals surface area contributed by atoms with Crippen molar-refractivity contribution in [2.45, 2.75) is 77.2 Å². The number of hydrogen-bond donors (Lipinski definition) is 1. The Kier molecular flexibility index (Phi) is 8.66. The van der Waals surface area contributed by atoms with E-state index in [1.54, 1.807) is 6.26 Å². The van der Waals surface area contributed by atoms with Crippen molar-refractivity contribution in [3.63, 3.8) is 0 Å². The van der Waals surface area contributed by atoms with Crippen LogP contribution in [0, 0.1) is 0 Å². The van der Waals surface area contributed by atoms with Crippen molar-refractivity contribution in [1.82, 2.24) is 0 Å². The van der Waals surface area contributed by atoms with E-state index in [1.165, 1.54) is 44.9 Å². The lowest BCUT2D eigenvalue weighted by Crippen LogP contribution is -2.20. The van der Waals surface area contributed by atoms with Gasteiger partial charge in [0, 0.05) is 12.5 Å². The van der Waals surface area contributed by atoms with E-state index in [4.69, 9.17) is 10.2 Å². The third-order valence-corrected chi connectivity index (χ3v) is 3.52.